The summed E-state index contributed by atoms with van der Waals surface area (Å²) in [7, 11) is 1.77. The Bertz CT molecular complexity index is 558. The van der Waals surface area contributed by atoms with Gasteiger partial charge in [0.05, 0.1) is 5.60 Å². The van der Waals surface area contributed by atoms with Gasteiger partial charge in [-0.3, -0.25) is 4.90 Å². The van der Waals surface area contributed by atoms with Crippen molar-refractivity contribution >= 4 is 0 Å². The van der Waals surface area contributed by atoms with Crippen LogP contribution in [0.1, 0.15) is 31.2 Å². The zero-order valence-corrected chi connectivity index (χ0v) is 15.5. The smallest absolute Gasteiger partial charge is 0.122 e. The third kappa shape index (κ3) is 4.73. The molecule has 0 saturated carbocycles. The van der Waals surface area contributed by atoms with Gasteiger partial charge in [-0.15, -0.1) is 0 Å². The molecule has 1 aromatic carbocycles. The lowest BCUT2D eigenvalue weighted by molar-refractivity contribution is -0.120. The molecule has 5 heteroatoms. The van der Waals surface area contributed by atoms with E-state index >= 15 is 0 Å². The number of piperidine rings is 1. The lowest BCUT2D eigenvalue weighted by atomic mass is 9.89. The molecule has 0 unspecified atom stereocenters. The predicted octanol–water partition coefficient (Wildman–Crippen LogP) is 2.40. The average molecular weight is 349 g/mol. The van der Waals surface area contributed by atoms with E-state index in [2.05, 4.69) is 17.9 Å². The number of benzene rings is 1. The summed E-state index contributed by atoms with van der Waals surface area (Å²) >= 11 is 0. The fourth-order valence-corrected chi connectivity index (χ4v) is 3.92. The topological polar surface area (TPSA) is 51.2 Å². The minimum Gasteiger partial charge on any atom is -0.490 e. The van der Waals surface area contributed by atoms with Crippen LogP contribution in [0.3, 0.4) is 0 Å². The number of rotatable bonds is 6. The molecular weight excluding hydrogens is 318 g/mol. The number of aryl methyl sites for hydroxylation is 1. The van der Waals surface area contributed by atoms with Gasteiger partial charge < -0.3 is 19.3 Å². The number of likely N-dealkylation sites (tertiary alicyclic amines) is 1. The lowest BCUT2D eigenvalue weighted by Gasteiger charge is -2.45. The number of nitrogens with zero attached hydrogens (tertiary/aromatic N) is 1. The van der Waals surface area contributed by atoms with Gasteiger partial charge in [0.25, 0.3) is 0 Å². The first-order chi connectivity index (χ1) is 12.0. The van der Waals surface area contributed by atoms with Crippen molar-refractivity contribution in [2.24, 2.45) is 0 Å². The van der Waals surface area contributed by atoms with Crippen LogP contribution in [0.2, 0.25) is 0 Å². The Labute approximate surface area is 150 Å². The van der Waals surface area contributed by atoms with Crippen molar-refractivity contribution in [3.8, 4) is 5.75 Å². The second-order valence-corrected chi connectivity index (χ2v) is 7.59. The fourth-order valence-electron chi connectivity index (χ4n) is 3.92. The Hall–Kier alpha value is -1.14. The van der Waals surface area contributed by atoms with E-state index in [1.54, 1.807) is 7.11 Å². The van der Waals surface area contributed by atoms with E-state index < -0.39 is 5.60 Å². The summed E-state index contributed by atoms with van der Waals surface area (Å²) in [5, 5.41) is 10.8. The molecule has 0 radical (unpaired) electrons. The Kier molecular flexibility index (Phi) is 6.00. The predicted molar refractivity (Wildman–Crippen MR) is 97.1 cm³/mol. The average Bonchev–Trinajstić information content (AvgIpc) is 2.61. The standard InChI is InChI=1S/C20H31NO4/c1-17-6-3-4-7-18(17)25-16-20(23-2)8-5-11-21(15-20)14-19(22)9-12-24-13-10-19/h3-4,6-7,22H,5,8-16H2,1-2H3/t20-/m1/s1. The summed E-state index contributed by atoms with van der Waals surface area (Å²) < 4.78 is 17.4. The monoisotopic (exact) mass is 349 g/mol. The molecule has 5 nitrogen and oxygen atoms in total. The minimum absolute atomic E-state index is 0.317. The first kappa shape index (κ1) is 18.6. The van der Waals surface area contributed by atoms with Gasteiger partial charge in [-0.25, -0.2) is 0 Å². The van der Waals surface area contributed by atoms with Crippen molar-refractivity contribution < 1.29 is 19.3 Å². The highest BCUT2D eigenvalue weighted by molar-refractivity contribution is 5.31. The molecule has 2 heterocycles. The first-order valence-corrected chi connectivity index (χ1v) is 9.30. The van der Waals surface area contributed by atoms with Crippen LogP contribution in [0.5, 0.6) is 5.75 Å². The van der Waals surface area contributed by atoms with Gasteiger partial charge in [0.15, 0.2) is 0 Å². The van der Waals surface area contributed by atoms with Crippen molar-refractivity contribution in [2.75, 3.05) is 46.6 Å². The molecule has 3 rings (SSSR count). The Morgan fingerprint density at radius 2 is 1.96 bits per heavy atom. The molecule has 0 bridgehead atoms. The second-order valence-electron chi connectivity index (χ2n) is 7.59. The van der Waals surface area contributed by atoms with Crippen molar-refractivity contribution in [1.29, 1.82) is 0 Å². The van der Waals surface area contributed by atoms with Crippen LogP contribution in [0.4, 0.5) is 0 Å². The molecule has 140 valence electrons. The van der Waals surface area contributed by atoms with Crippen LogP contribution >= 0.6 is 0 Å². The van der Waals surface area contributed by atoms with E-state index in [0.29, 0.717) is 39.2 Å². The quantitative estimate of drug-likeness (QED) is 0.855. The number of aliphatic hydroxyl groups is 1. The highest BCUT2D eigenvalue weighted by Gasteiger charge is 2.40. The van der Waals surface area contributed by atoms with Gasteiger partial charge in [-0.1, -0.05) is 18.2 Å². The summed E-state index contributed by atoms with van der Waals surface area (Å²) in [4.78, 5) is 2.33. The van der Waals surface area contributed by atoms with Crippen LogP contribution < -0.4 is 4.74 Å². The first-order valence-electron chi connectivity index (χ1n) is 9.30. The Balaban J connectivity index is 1.61. The maximum Gasteiger partial charge on any atom is 0.122 e. The van der Waals surface area contributed by atoms with Crippen LogP contribution in [0.15, 0.2) is 24.3 Å². The highest BCUT2D eigenvalue weighted by Crippen LogP contribution is 2.30. The van der Waals surface area contributed by atoms with Crippen molar-refractivity contribution in [2.45, 2.75) is 43.8 Å². The number of hydrogen-bond acceptors (Lipinski definition) is 5. The van der Waals surface area contributed by atoms with Gasteiger partial charge in [0, 0.05) is 46.3 Å². The number of ether oxygens (including phenoxy) is 3. The summed E-state index contributed by atoms with van der Waals surface area (Å²) in [5.41, 5.74) is 0.187. The number of para-hydroxylation sites is 1. The third-order valence-electron chi connectivity index (χ3n) is 5.58. The molecule has 0 aromatic heterocycles. The van der Waals surface area contributed by atoms with Crippen molar-refractivity contribution in [3.63, 3.8) is 0 Å². The Morgan fingerprint density at radius 3 is 2.68 bits per heavy atom. The highest BCUT2D eigenvalue weighted by atomic mass is 16.5. The van der Waals surface area contributed by atoms with Crippen LogP contribution in [0.25, 0.3) is 0 Å². The maximum absolute atomic E-state index is 10.8. The van der Waals surface area contributed by atoms with Gasteiger partial charge in [0.2, 0.25) is 0 Å². The Morgan fingerprint density at radius 1 is 1.20 bits per heavy atom. The lowest BCUT2D eigenvalue weighted by Crippen LogP contribution is -2.57. The van der Waals surface area contributed by atoms with Gasteiger partial charge in [-0.05, 0) is 37.9 Å². The van der Waals surface area contributed by atoms with Crippen molar-refractivity contribution in [3.05, 3.63) is 29.8 Å². The summed E-state index contributed by atoms with van der Waals surface area (Å²) in [6.07, 6.45) is 3.46. The molecular formula is C20H31NO4. The van der Waals surface area contributed by atoms with E-state index in [1.807, 2.05) is 18.2 Å². The molecule has 25 heavy (non-hydrogen) atoms. The molecule has 0 aliphatic carbocycles. The third-order valence-corrected chi connectivity index (χ3v) is 5.58. The SMILES string of the molecule is CO[C@]1(COc2ccccc2C)CCCN(CC2(O)CCOCC2)C1. The van der Waals surface area contributed by atoms with Gasteiger partial charge >= 0.3 is 0 Å². The zero-order valence-electron chi connectivity index (χ0n) is 15.5. The molecule has 1 atom stereocenters. The summed E-state index contributed by atoms with van der Waals surface area (Å²) in [6.45, 7) is 6.37. The molecule has 1 aromatic rings. The van der Waals surface area contributed by atoms with Gasteiger partial charge in [-0.2, -0.15) is 0 Å². The molecule has 2 fully saturated rings. The molecule has 2 aliphatic heterocycles. The maximum atomic E-state index is 10.8. The van der Waals surface area contributed by atoms with E-state index in [4.69, 9.17) is 14.2 Å². The molecule has 1 N–H and O–H groups in total. The van der Waals surface area contributed by atoms with Crippen molar-refractivity contribution in [1.82, 2.24) is 4.90 Å². The largest absolute Gasteiger partial charge is 0.490 e. The number of methoxy groups -OCH3 is 1. The minimum atomic E-state index is -0.633. The second kappa shape index (κ2) is 8.04. The van der Waals surface area contributed by atoms with E-state index in [1.165, 1.54) is 0 Å². The normalized spacial score (nSPS) is 27.2. The fraction of sp³-hybridized carbons (Fsp3) is 0.700. The van der Waals surface area contributed by atoms with Crippen LogP contribution in [0, 0.1) is 6.92 Å². The summed E-state index contributed by atoms with van der Waals surface area (Å²) in [5.74, 6) is 0.916. The van der Waals surface area contributed by atoms with Gasteiger partial charge in [0.1, 0.15) is 18.0 Å². The number of β-amino-alcohol motifs (C(OH)–C–C–N with tert-alkyl or cyclic N) is 1. The van der Waals surface area contributed by atoms with Crippen LogP contribution in [-0.4, -0.2) is 67.8 Å². The summed E-state index contributed by atoms with van der Waals surface area (Å²) in [6, 6.07) is 8.08. The zero-order chi connectivity index (χ0) is 17.8. The molecule has 0 amide bonds. The number of hydrogen-bond donors (Lipinski definition) is 1. The van der Waals surface area contributed by atoms with Crippen LogP contribution in [-0.2, 0) is 9.47 Å². The molecule has 2 saturated heterocycles. The van der Waals surface area contributed by atoms with E-state index in [0.717, 1.165) is 37.2 Å². The van der Waals surface area contributed by atoms with E-state index in [9.17, 15) is 5.11 Å². The van der Waals surface area contributed by atoms with E-state index in [-0.39, 0.29) is 5.60 Å². The molecule has 2 aliphatic rings. The molecule has 0 spiro atoms.